The Labute approximate surface area is 161 Å². The van der Waals surface area contributed by atoms with Crippen molar-refractivity contribution in [3.05, 3.63) is 75.5 Å². The number of rotatable bonds is 4. The van der Waals surface area contributed by atoms with Crippen molar-refractivity contribution in [2.24, 2.45) is 0 Å². The van der Waals surface area contributed by atoms with E-state index in [1.807, 2.05) is 31.2 Å². The molecule has 0 aliphatic heterocycles. The summed E-state index contributed by atoms with van der Waals surface area (Å²) in [6, 6.07) is 14.4. The largest absolute Gasteiger partial charge is 0.324 e. The van der Waals surface area contributed by atoms with Crippen molar-refractivity contribution < 1.29 is 4.79 Å². The molecule has 0 unspecified atom stereocenters. The lowest BCUT2D eigenvalue weighted by atomic mass is 10.2. The fraction of sp³-hybridized carbons (Fsp3) is 0.105. The van der Waals surface area contributed by atoms with Crippen LogP contribution in [0.15, 0.2) is 48.5 Å². The van der Waals surface area contributed by atoms with Gasteiger partial charge in [-0.25, -0.2) is 9.97 Å². The van der Waals surface area contributed by atoms with Gasteiger partial charge in [0.05, 0.1) is 15.7 Å². The van der Waals surface area contributed by atoms with Gasteiger partial charge in [0.25, 0.3) is 5.91 Å². The molecule has 0 fully saturated rings. The molecule has 3 rings (SSSR count). The summed E-state index contributed by atoms with van der Waals surface area (Å²) in [4.78, 5) is 21.2. The zero-order valence-corrected chi connectivity index (χ0v) is 15.7. The Morgan fingerprint density at radius 2 is 1.65 bits per heavy atom. The lowest BCUT2D eigenvalue weighted by molar-refractivity contribution is 0.102. The second-order valence-corrected chi connectivity index (χ2v) is 6.52. The molecule has 1 heterocycles. The van der Waals surface area contributed by atoms with Gasteiger partial charge in [-0.15, -0.1) is 0 Å². The fourth-order valence-electron chi connectivity index (χ4n) is 2.37. The number of aromatic nitrogens is 2. The summed E-state index contributed by atoms with van der Waals surface area (Å²) in [5.41, 5.74) is 3.15. The number of hydrogen-bond acceptors (Lipinski definition) is 4. The van der Waals surface area contributed by atoms with Crippen LogP contribution in [-0.4, -0.2) is 15.9 Å². The molecule has 1 aromatic heterocycles. The highest BCUT2D eigenvalue weighted by Gasteiger charge is 2.15. The zero-order chi connectivity index (χ0) is 18.7. The molecule has 2 aromatic carbocycles. The van der Waals surface area contributed by atoms with E-state index in [2.05, 4.69) is 20.6 Å². The number of anilines is 3. The molecule has 0 radical (unpaired) electrons. The van der Waals surface area contributed by atoms with Crippen molar-refractivity contribution in [2.75, 3.05) is 10.6 Å². The second kappa shape index (κ2) is 7.72. The van der Waals surface area contributed by atoms with Crippen LogP contribution in [-0.2, 0) is 0 Å². The van der Waals surface area contributed by atoms with E-state index < -0.39 is 5.91 Å². The minimum Gasteiger partial charge on any atom is -0.324 e. The Morgan fingerprint density at radius 3 is 2.35 bits per heavy atom. The maximum atomic E-state index is 12.6. The number of nitrogens with zero attached hydrogens (tertiary/aromatic N) is 2. The van der Waals surface area contributed by atoms with Crippen LogP contribution < -0.4 is 10.6 Å². The molecule has 2 N–H and O–H groups in total. The molecule has 0 saturated carbocycles. The van der Waals surface area contributed by atoms with Crippen molar-refractivity contribution in [3.8, 4) is 0 Å². The predicted octanol–water partition coefficient (Wildman–Crippen LogP) is 5.40. The molecule has 0 atom stereocenters. The summed E-state index contributed by atoms with van der Waals surface area (Å²) in [6.07, 6.45) is 0. The van der Waals surface area contributed by atoms with E-state index in [1.54, 1.807) is 31.2 Å². The highest BCUT2D eigenvalue weighted by molar-refractivity contribution is 6.40. The number of halogens is 2. The zero-order valence-electron chi connectivity index (χ0n) is 14.2. The van der Waals surface area contributed by atoms with E-state index >= 15 is 0 Å². The highest BCUT2D eigenvalue weighted by Crippen LogP contribution is 2.30. The summed E-state index contributed by atoms with van der Waals surface area (Å²) in [6.45, 7) is 3.77. The van der Waals surface area contributed by atoms with E-state index in [0.29, 0.717) is 27.4 Å². The molecular weight excluding hydrogens is 371 g/mol. The maximum absolute atomic E-state index is 12.6. The molecule has 0 spiro atoms. The van der Waals surface area contributed by atoms with Gasteiger partial charge in [-0.1, -0.05) is 47.5 Å². The number of benzene rings is 2. The standard InChI is InChI=1S/C19H16Cl2N4O/c1-11-6-3-4-9-15(11)23-19-22-12(2)10-16(24-19)18(26)25-17-13(20)7-5-8-14(17)21/h3-10H,1-2H3,(H,25,26)(H,22,23,24). The summed E-state index contributed by atoms with van der Waals surface area (Å²) < 4.78 is 0. The van der Waals surface area contributed by atoms with Crippen molar-refractivity contribution in [1.82, 2.24) is 9.97 Å². The average Bonchev–Trinajstić information content (AvgIpc) is 2.59. The Kier molecular flexibility index (Phi) is 5.40. The second-order valence-electron chi connectivity index (χ2n) is 5.71. The Hall–Kier alpha value is -2.63. The fourth-order valence-corrected chi connectivity index (χ4v) is 2.86. The van der Waals surface area contributed by atoms with E-state index in [1.165, 1.54) is 0 Å². The Morgan fingerprint density at radius 1 is 0.962 bits per heavy atom. The number of hydrogen-bond donors (Lipinski definition) is 2. The number of nitrogens with one attached hydrogen (secondary N) is 2. The van der Waals surface area contributed by atoms with Gasteiger partial charge in [0.1, 0.15) is 5.69 Å². The van der Waals surface area contributed by atoms with Gasteiger partial charge < -0.3 is 10.6 Å². The molecule has 0 aliphatic carbocycles. The number of carbonyl (C=O) groups is 1. The van der Waals surface area contributed by atoms with Crippen LogP contribution >= 0.6 is 23.2 Å². The SMILES string of the molecule is Cc1cc(C(=O)Nc2c(Cl)cccc2Cl)nc(Nc2ccccc2C)n1. The van der Waals surface area contributed by atoms with E-state index in [-0.39, 0.29) is 5.69 Å². The lowest BCUT2D eigenvalue weighted by Gasteiger charge is -2.11. The molecule has 5 nitrogen and oxygen atoms in total. The van der Waals surface area contributed by atoms with Crippen LogP contribution in [0.4, 0.5) is 17.3 Å². The molecule has 0 aliphatic rings. The summed E-state index contributed by atoms with van der Waals surface area (Å²) in [5.74, 6) is -0.0759. The van der Waals surface area contributed by atoms with E-state index in [0.717, 1.165) is 11.3 Å². The van der Waals surface area contributed by atoms with Crippen LogP contribution in [0.2, 0.25) is 10.0 Å². The third-order valence-corrected chi connectivity index (χ3v) is 4.31. The van der Waals surface area contributed by atoms with Crippen molar-refractivity contribution in [3.63, 3.8) is 0 Å². The molecule has 0 bridgehead atoms. The summed E-state index contributed by atoms with van der Waals surface area (Å²) in [5, 5.41) is 6.56. The third kappa shape index (κ3) is 4.12. The van der Waals surface area contributed by atoms with Crippen LogP contribution in [0.25, 0.3) is 0 Å². The molecule has 3 aromatic rings. The third-order valence-electron chi connectivity index (χ3n) is 3.68. The molecule has 7 heteroatoms. The van der Waals surface area contributed by atoms with E-state index in [9.17, 15) is 4.79 Å². The first kappa shape index (κ1) is 18.2. The first-order valence-electron chi connectivity index (χ1n) is 7.88. The minimum absolute atomic E-state index is 0.213. The van der Waals surface area contributed by atoms with Gasteiger partial charge in [0.15, 0.2) is 0 Å². The summed E-state index contributed by atoms with van der Waals surface area (Å²) >= 11 is 12.2. The summed E-state index contributed by atoms with van der Waals surface area (Å²) in [7, 11) is 0. The smallest absolute Gasteiger partial charge is 0.274 e. The molecule has 0 saturated heterocycles. The first-order valence-corrected chi connectivity index (χ1v) is 8.63. The van der Waals surface area contributed by atoms with Gasteiger partial charge in [0.2, 0.25) is 5.95 Å². The molecule has 26 heavy (non-hydrogen) atoms. The molecular formula is C19H16Cl2N4O. The van der Waals surface area contributed by atoms with E-state index in [4.69, 9.17) is 23.2 Å². The Bertz CT molecular complexity index is 955. The topological polar surface area (TPSA) is 66.9 Å². The Balaban J connectivity index is 1.87. The maximum Gasteiger partial charge on any atom is 0.274 e. The predicted molar refractivity (Wildman–Crippen MR) is 106 cm³/mol. The van der Waals surface area contributed by atoms with Crippen molar-refractivity contribution >= 4 is 46.4 Å². The van der Waals surface area contributed by atoms with Crippen LogP contribution in [0, 0.1) is 13.8 Å². The van der Waals surface area contributed by atoms with Crippen LogP contribution in [0.3, 0.4) is 0 Å². The van der Waals surface area contributed by atoms with Crippen LogP contribution in [0.1, 0.15) is 21.7 Å². The van der Waals surface area contributed by atoms with Crippen molar-refractivity contribution in [2.45, 2.75) is 13.8 Å². The first-order chi connectivity index (χ1) is 12.4. The van der Waals surface area contributed by atoms with Gasteiger partial charge >= 0.3 is 0 Å². The van der Waals surface area contributed by atoms with Gasteiger partial charge in [-0.3, -0.25) is 4.79 Å². The number of amides is 1. The highest BCUT2D eigenvalue weighted by atomic mass is 35.5. The monoisotopic (exact) mass is 386 g/mol. The lowest BCUT2D eigenvalue weighted by Crippen LogP contribution is -2.16. The molecule has 1 amide bonds. The quantitative estimate of drug-likeness (QED) is 0.629. The van der Waals surface area contributed by atoms with Gasteiger partial charge in [-0.2, -0.15) is 0 Å². The minimum atomic E-state index is -0.418. The molecule has 132 valence electrons. The number of para-hydroxylation sites is 2. The van der Waals surface area contributed by atoms with Gasteiger partial charge in [-0.05, 0) is 43.7 Å². The van der Waals surface area contributed by atoms with Gasteiger partial charge in [0, 0.05) is 11.4 Å². The number of carbonyl (C=O) groups excluding carboxylic acids is 1. The number of aryl methyl sites for hydroxylation is 2. The van der Waals surface area contributed by atoms with Crippen LogP contribution in [0.5, 0.6) is 0 Å². The average molecular weight is 387 g/mol. The van der Waals surface area contributed by atoms with Crippen molar-refractivity contribution in [1.29, 1.82) is 0 Å². The normalized spacial score (nSPS) is 10.5.